The van der Waals surface area contributed by atoms with Crippen molar-refractivity contribution in [3.8, 4) is 0 Å². The Hall–Kier alpha value is -1.35. The highest BCUT2D eigenvalue weighted by molar-refractivity contribution is 5.79. The minimum absolute atomic E-state index is 0.0186. The normalized spacial score (nSPS) is 26.0. The zero-order valence-electron chi connectivity index (χ0n) is 14.7. The third-order valence-electron chi connectivity index (χ3n) is 5.25. The summed E-state index contributed by atoms with van der Waals surface area (Å²) in [4.78, 5) is 12.8. The summed E-state index contributed by atoms with van der Waals surface area (Å²) < 4.78 is 0. The minimum atomic E-state index is -0.199. The molecular weight excluding hydrogens is 286 g/mol. The van der Waals surface area contributed by atoms with Gasteiger partial charge in [-0.25, -0.2) is 0 Å². The van der Waals surface area contributed by atoms with E-state index in [0.29, 0.717) is 24.2 Å². The van der Waals surface area contributed by atoms with Gasteiger partial charge in [-0.1, -0.05) is 57.5 Å². The van der Waals surface area contributed by atoms with Crippen LogP contribution in [0.4, 0.5) is 0 Å². The number of amides is 1. The van der Waals surface area contributed by atoms with Crippen molar-refractivity contribution in [2.45, 2.75) is 52.5 Å². The molecule has 2 rings (SSSR count). The molecule has 3 heteroatoms. The van der Waals surface area contributed by atoms with Crippen LogP contribution in [-0.4, -0.2) is 23.7 Å². The average Bonchev–Trinajstić information content (AvgIpc) is 2.54. The average molecular weight is 317 g/mol. The number of rotatable bonds is 6. The Morgan fingerprint density at radius 3 is 2.57 bits per heavy atom. The molecular formula is C20H31NO2. The maximum absolute atomic E-state index is 12.8. The van der Waals surface area contributed by atoms with E-state index in [1.54, 1.807) is 0 Å². The lowest BCUT2D eigenvalue weighted by atomic mass is 9.69. The van der Waals surface area contributed by atoms with Crippen molar-refractivity contribution in [2.24, 2.45) is 23.7 Å². The van der Waals surface area contributed by atoms with Crippen LogP contribution in [0.2, 0.25) is 0 Å². The van der Waals surface area contributed by atoms with E-state index >= 15 is 0 Å². The maximum Gasteiger partial charge on any atom is 0.223 e. The largest absolute Gasteiger partial charge is 0.394 e. The van der Waals surface area contributed by atoms with E-state index in [1.807, 2.05) is 30.3 Å². The Bertz CT molecular complexity index is 486. The summed E-state index contributed by atoms with van der Waals surface area (Å²) in [6.07, 6.45) is 4.01. The molecule has 4 atom stereocenters. The van der Waals surface area contributed by atoms with Crippen LogP contribution >= 0.6 is 0 Å². The van der Waals surface area contributed by atoms with Crippen LogP contribution in [0.3, 0.4) is 0 Å². The molecule has 0 aliphatic heterocycles. The van der Waals surface area contributed by atoms with Gasteiger partial charge in [-0.2, -0.15) is 0 Å². The number of aliphatic hydroxyl groups is 1. The summed E-state index contributed by atoms with van der Waals surface area (Å²) in [5.74, 6) is 1.82. The van der Waals surface area contributed by atoms with Gasteiger partial charge in [0.05, 0.1) is 12.6 Å². The van der Waals surface area contributed by atoms with Crippen molar-refractivity contribution in [1.82, 2.24) is 5.32 Å². The first-order chi connectivity index (χ1) is 11.0. The van der Waals surface area contributed by atoms with Gasteiger partial charge in [0.15, 0.2) is 0 Å². The first-order valence-corrected chi connectivity index (χ1v) is 8.96. The zero-order chi connectivity index (χ0) is 16.8. The second-order valence-electron chi connectivity index (χ2n) is 7.51. The standard InChI is InChI=1S/C20H31NO2/c1-14(2)18-10-9-15(3)11-19(18)20(23)21-17(13-22)12-16-7-5-4-6-8-16/h4-8,14-15,17-19,22H,9-13H2,1-3H3,(H,21,23)/t15-,17?,18+,19-/m1/s1. The lowest BCUT2D eigenvalue weighted by Gasteiger charge is -2.37. The van der Waals surface area contributed by atoms with Crippen LogP contribution in [0, 0.1) is 23.7 Å². The smallest absolute Gasteiger partial charge is 0.223 e. The number of carbonyl (C=O) groups is 1. The fourth-order valence-electron chi connectivity index (χ4n) is 3.87. The molecule has 0 spiro atoms. The van der Waals surface area contributed by atoms with Gasteiger partial charge < -0.3 is 10.4 Å². The Labute approximate surface area is 140 Å². The topological polar surface area (TPSA) is 49.3 Å². The number of benzene rings is 1. The molecule has 0 aromatic heterocycles. The first-order valence-electron chi connectivity index (χ1n) is 8.96. The lowest BCUT2D eigenvalue weighted by Crippen LogP contribution is -2.46. The highest BCUT2D eigenvalue weighted by atomic mass is 16.3. The highest BCUT2D eigenvalue weighted by Crippen LogP contribution is 2.38. The molecule has 0 saturated heterocycles. The monoisotopic (exact) mass is 317 g/mol. The Kier molecular flexibility index (Phi) is 6.64. The first kappa shape index (κ1) is 18.0. The molecule has 2 N–H and O–H groups in total. The predicted molar refractivity (Wildman–Crippen MR) is 94.0 cm³/mol. The Morgan fingerprint density at radius 1 is 1.26 bits per heavy atom. The second kappa shape index (κ2) is 8.49. The van der Waals surface area contributed by atoms with Crippen molar-refractivity contribution in [3.63, 3.8) is 0 Å². The molecule has 3 nitrogen and oxygen atoms in total. The number of hydrogen-bond acceptors (Lipinski definition) is 2. The third-order valence-corrected chi connectivity index (χ3v) is 5.25. The Morgan fingerprint density at radius 2 is 1.96 bits per heavy atom. The SMILES string of the molecule is CC(C)[C@@H]1CC[C@@H](C)C[C@H]1C(=O)NC(CO)Cc1ccccc1. The van der Waals surface area contributed by atoms with Crippen LogP contribution in [0.5, 0.6) is 0 Å². The lowest BCUT2D eigenvalue weighted by molar-refractivity contribution is -0.130. The minimum Gasteiger partial charge on any atom is -0.394 e. The van der Waals surface area contributed by atoms with Crippen molar-refractivity contribution in [3.05, 3.63) is 35.9 Å². The number of carbonyl (C=O) groups excluding carboxylic acids is 1. The molecule has 1 aliphatic rings. The zero-order valence-corrected chi connectivity index (χ0v) is 14.7. The summed E-state index contributed by atoms with van der Waals surface area (Å²) >= 11 is 0. The molecule has 1 fully saturated rings. The highest BCUT2D eigenvalue weighted by Gasteiger charge is 2.35. The molecule has 23 heavy (non-hydrogen) atoms. The van der Waals surface area contributed by atoms with Crippen LogP contribution in [-0.2, 0) is 11.2 Å². The molecule has 1 aromatic rings. The number of aliphatic hydroxyl groups excluding tert-OH is 1. The fraction of sp³-hybridized carbons (Fsp3) is 0.650. The summed E-state index contributed by atoms with van der Waals surface area (Å²) in [5.41, 5.74) is 1.14. The van der Waals surface area contributed by atoms with E-state index in [0.717, 1.165) is 18.4 Å². The predicted octanol–water partition coefficient (Wildman–Crippen LogP) is 3.41. The van der Waals surface area contributed by atoms with Gasteiger partial charge in [0.1, 0.15) is 0 Å². The van der Waals surface area contributed by atoms with Crippen molar-refractivity contribution in [2.75, 3.05) is 6.61 Å². The van der Waals surface area contributed by atoms with Gasteiger partial charge in [0.2, 0.25) is 5.91 Å². The summed E-state index contributed by atoms with van der Waals surface area (Å²) in [6, 6.07) is 9.83. The molecule has 0 heterocycles. The van der Waals surface area contributed by atoms with Gasteiger partial charge in [0, 0.05) is 5.92 Å². The Balaban J connectivity index is 1.99. The van der Waals surface area contributed by atoms with Crippen LogP contribution in [0.1, 0.15) is 45.6 Å². The molecule has 0 bridgehead atoms. The molecule has 128 valence electrons. The fourth-order valence-corrected chi connectivity index (χ4v) is 3.87. The van der Waals surface area contributed by atoms with Gasteiger partial charge in [-0.05, 0) is 42.6 Å². The second-order valence-corrected chi connectivity index (χ2v) is 7.51. The quantitative estimate of drug-likeness (QED) is 0.844. The van der Waals surface area contributed by atoms with E-state index in [4.69, 9.17) is 0 Å². The van der Waals surface area contributed by atoms with Gasteiger partial charge in [0.25, 0.3) is 0 Å². The van der Waals surface area contributed by atoms with Gasteiger partial charge in [-0.3, -0.25) is 4.79 Å². The molecule has 1 saturated carbocycles. The van der Waals surface area contributed by atoms with E-state index in [2.05, 4.69) is 26.1 Å². The summed E-state index contributed by atoms with van der Waals surface area (Å²) in [5, 5.41) is 12.7. The summed E-state index contributed by atoms with van der Waals surface area (Å²) in [7, 11) is 0. The molecule has 1 unspecified atom stereocenters. The van der Waals surface area contributed by atoms with Crippen LogP contribution in [0.25, 0.3) is 0 Å². The van der Waals surface area contributed by atoms with E-state index in [9.17, 15) is 9.90 Å². The number of nitrogens with one attached hydrogen (secondary N) is 1. The van der Waals surface area contributed by atoms with Crippen molar-refractivity contribution >= 4 is 5.91 Å². The number of hydrogen-bond donors (Lipinski definition) is 2. The van der Waals surface area contributed by atoms with Crippen molar-refractivity contribution < 1.29 is 9.90 Å². The van der Waals surface area contributed by atoms with Crippen molar-refractivity contribution in [1.29, 1.82) is 0 Å². The van der Waals surface area contributed by atoms with Crippen LogP contribution in [0.15, 0.2) is 30.3 Å². The molecule has 1 aliphatic carbocycles. The van der Waals surface area contributed by atoms with Gasteiger partial charge >= 0.3 is 0 Å². The van der Waals surface area contributed by atoms with Crippen LogP contribution < -0.4 is 5.32 Å². The molecule has 0 radical (unpaired) electrons. The van der Waals surface area contributed by atoms with E-state index in [1.165, 1.54) is 6.42 Å². The third kappa shape index (κ3) is 5.07. The summed E-state index contributed by atoms with van der Waals surface area (Å²) in [6.45, 7) is 6.66. The maximum atomic E-state index is 12.8. The van der Waals surface area contributed by atoms with E-state index < -0.39 is 0 Å². The van der Waals surface area contributed by atoms with E-state index in [-0.39, 0.29) is 24.5 Å². The molecule has 1 amide bonds. The molecule has 1 aromatic carbocycles. The van der Waals surface area contributed by atoms with Gasteiger partial charge in [-0.15, -0.1) is 0 Å².